The van der Waals surface area contributed by atoms with E-state index in [1.54, 1.807) is 23.2 Å². The maximum Gasteiger partial charge on any atom is 0.213 e. The van der Waals surface area contributed by atoms with Crippen LogP contribution in [0.5, 0.6) is 0 Å². The minimum Gasteiger partial charge on any atom is -0.236 e. The Bertz CT molecular complexity index is 561. The van der Waals surface area contributed by atoms with E-state index in [9.17, 15) is 0 Å². The van der Waals surface area contributed by atoms with E-state index in [4.69, 9.17) is 6.57 Å². The van der Waals surface area contributed by atoms with Gasteiger partial charge in [0.2, 0.25) is 5.69 Å². The molecule has 0 saturated carbocycles. The maximum absolute atomic E-state index is 7.18. The van der Waals surface area contributed by atoms with E-state index in [0.717, 1.165) is 16.8 Å². The minimum atomic E-state index is 0.556. The zero-order valence-electron chi connectivity index (χ0n) is 8.88. The Balaban J connectivity index is 2.71. The van der Waals surface area contributed by atoms with Crippen LogP contribution in [-0.2, 0) is 0 Å². The van der Waals surface area contributed by atoms with Gasteiger partial charge < -0.3 is 0 Å². The SMILES string of the molecule is [C-]#[N+]c1cc(C=C)cc(C)c1-n1cncn1. The summed E-state index contributed by atoms with van der Waals surface area (Å²) in [6, 6.07) is 3.77. The quantitative estimate of drug-likeness (QED) is 0.714. The van der Waals surface area contributed by atoms with Crippen molar-refractivity contribution in [1.29, 1.82) is 0 Å². The standard InChI is InChI=1S/C12H10N4/c1-4-10-5-9(2)12(11(6-10)13-3)16-8-14-7-15-16/h4-8H,1H2,2H3. The van der Waals surface area contributed by atoms with Crippen LogP contribution in [0.4, 0.5) is 5.69 Å². The van der Waals surface area contributed by atoms with Crippen LogP contribution in [-0.4, -0.2) is 14.8 Å². The number of benzene rings is 1. The predicted molar refractivity (Wildman–Crippen MR) is 62.4 cm³/mol. The summed E-state index contributed by atoms with van der Waals surface area (Å²) in [4.78, 5) is 7.40. The van der Waals surface area contributed by atoms with Crippen molar-refractivity contribution in [2.45, 2.75) is 6.92 Å². The van der Waals surface area contributed by atoms with Gasteiger partial charge in [-0.1, -0.05) is 18.7 Å². The van der Waals surface area contributed by atoms with E-state index < -0.39 is 0 Å². The fraction of sp³-hybridized carbons (Fsp3) is 0.0833. The summed E-state index contributed by atoms with van der Waals surface area (Å²) in [6.07, 6.45) is 4.77. The molecule has 16 heavy (non-hydrogen) atoms. The lowest BCUT2D eigenvalue weighted by molar-refractivity contribution is 0.874. The number of hydrogen-bond donors (Lipinski definition) is 0. The van der Waals surface area contributed by atoms with E-state index in [1.165, 1.54) is 6.33 Å². The molecule has 0 amide bonds. The topological polar surface area (TPSA) is 35.1 Å². The molecule has 1 heterocycles. The second kappa shape index (κ2) is 3.99. The molecule has 4 heteroatoms. The molecule has 0 atom stereocenters. The lowest BCUT2D eigenvalue weighted by atomic mass is 10.1. The van der Waals surface area contributed by atoms with Gasteiger partial charge in [-0.2, -0.15) is 5.10 Å². The summed E-state index contributed by atoms with van der Waals surface area (Å²) >= 11 is 0. The van der Waals surface area contributed by atoms with Crippen molar-refractivity contribution in [3.05, 3.63) is 53.9 Å². The van der Waals surface area contributed by atoms with Gasteiger partial charge in [0.25, 0.3) is 0 Å². The van der Waals surface area contributed by atoms with E-state index in [1.807, 2.05) is 13.0 Å². The molecule has 0 unspecified atom stereocenters. The number of aromatic nitrogens is 3. The Hall–Kier alpha value is -2.41. The van der Waals surface area contributed by atoms with Crippen molar-refractivity contribution >= 4 is 11.8 Å². The molecule has 0 fully saturated rings. The van der Waals surface area contributed by atoms with Crippen LogP contribution in [0.3, 0.4) is 0 Å². The molecule has 4 nitrogen and oxygen atoms in total. The lowest BCUT2D eigenvalue weighted by Gasteiger charge is -2.09. The first-order valence-corrected chi connectivity index (χ1v) is 4.76. The average Bonchev–Trinajstić information content (AvgIpc) is 2.81. The first-order chi connectivity index (χ1) is 7.76. The Morgan fingerprint density at radius 3 is 2.88 bits per heavy atom. The van der Waals surface area contributed by atoms with Gasteiger partial charge in [-0.05, 0) is 24.1 Å². The molecule has 78 valence electrons. The van der Waals surface area contributed by atoms with Crippen LogP contribution in [0, 0.1) is 13.5 Å². The zero-order valence-corrected chi connectivity index (χ0v) is 8.88. The van der Waals surface area contributed by atoms with Gasteiger partial charge in [0.05, 0.1) is 12.3 Å². The first-order valence-electron chi connectivity index (χ1n) is 4.76. The van der Waals surface area contributed by atoms with Crippen molar-refractivity contribution in [2.75, 3.05) is 0 Å². The van der Waals surface area contributed by atoms with Crippen LogP contribution in [0.25, 0.3) is 16.6 Å². The van der Waals surface area contributed by atoms with Gasteiger partial charge in [0.1, 0.15) is 12.7 Å². The van der Waals surface area contributed by atoms with E-state index in [-0.39, 0.29) is 0 Å². The van der Waals surface area contributed by atoms with Gasteiger partial charge in [0.15, 0.2) is 0 Å². The Kier molecular flexibility index (Phi) is 2.52. The minimum absolute atomic E-state index is 0.556. The maximum atomic E-state index is 7.18. The second-order valence-corrected chi connectivity index (χ2v) is 3.36. The molecule has 0 radical (unpaired) electrons. The van der Waals surface area contributed by atoms with Crippen molar-refractivity contribution in [3.63, 3.8) is 0 Å². The third kappa shape index (κ3) is 1.59. The van der Waals surface area contributed by atoms with Gasteiger partial charge in [-0.25, -0.2) is 14.5 Å². The highest BCUT2D eigenvalue weighted by Gasteiger charge is 2.09. The van der Waals surface area contributed by atoms with Crippen LogP contribution in [0.2, 0.25) is 0 Å². The molecule has 0 N–H and O–H groups in total. The van der Waals surface area contributed by atoms with Crippen molar-refractivity contribution in [1.82, 2.24) is 14.8 Å². The number of nitrogens with zero attached hydrogens (tertiary/aromatic N) is 4. The molecule has 0 aliphatic carbocycles. The summed E-state index contributed by atoms with van der Waals surface area (Å²) in [5, 5.41) is 4.05. The Labute approximate surface area is 93.7 Å². The molecule has 0 saturated heterocycles. The average molecular weight is 210 g/mol. The number of rotatable bonds is 2. The molecule has 2 aromatic rings. The molecule has 2 rings (SSSR count). The van der Waals surface area contributed by atoms with Crippen LogP contribution >= 0.6 is 0 Å². The lowest BCUT2D eigenvalue weighted by Crippen LogP contribution is -1.98. The molecule has 0 aliphatic heterocycles. The largest absolute Gasteiger partial charge is 0.236 e. The van der Waals surface area contributed by atoms with Gasteiger partial charge in [-0.15, -0.1) is 0 Å². The summed E-state index contributed by atoms with van der Waals surface area (Å²) in [7, 11) is 0. The molecule has 0 spiro atoms. The van der Waals surface area contributed by atoms with Crippen molar-refractivity contribution in [3.8, 4) is 5.69 Å². The number of hydrogen-bond acceptors (Lipinski definition) is 2. The van der Waals surface area contributed by atoms with E-state index >= 15 is 0 Å². The molecule has 1 aromatic heterocycles. The first kappa shape index (κ1) is 10.1. The zero-order chi connectivity index (χ0) is 11.5. The summed E-state index contributed by atoms with van der Waals surface area (Å²) < 4.78 is 1.61. The van der Waals surface area contributed by atoms with E-state index in [0.29, 0.717) is 5.69 Å². The fourth-order valence-electron chi connectivity index (χ4n) is 1.61. The predicted octanol–water partition coefficient (Wildman–Crippen LogP) is 2.77. The van der Waals surface area contributed by atoms with Crippen LogP contribution < -0.4 is 0 Å². The van der Waals surface area contributed by atoms with Gasteiger partial charge in [0, 0.05) is 0 Å². The van der Waals surface area contributed by atoms with Crippen LogP contribution in [0.1, 0.15) is 11.1 Å². The summed E-state index contributed by atoms with van der Waals surface area (Å²) in [6.45, 7) is 12.8. The van der Waals surface area contributed by atoms with E-state index in [2.05, 4.69) is 21.5 Å². The second-order valence-electron chi connectivity index (χ2n) is 3.36. The molecular formula is C12H10N4. The third-order valence-corrected chi connectivity index (χ3v) is 2.31. The van der Waals surface area contributed by atoms with Gasteiger partial charge in [-0.3, -0.25) is 0 Å². The monoisotopic (exact) mass is 210 g/mol. The van der Waals surface area contributed by atoms with Gasteiger partial charge >= 0.3 is 0 Å². The third-order valence-electron chi connectivity index (χ3n) is 2.31. The Morgan fingerprint density at radius 2 is 2.31 bits per heavy atom. The smallest absolute Gasteiger partial charge is 0.213 e. The molecular weight excluding hydrogens is 200 g/mol. The molecule has 0 bridgehead atoms. The normalized spacial score (nSPS) is 9.75. The van der Waals surface area contributed by atoms with Crippen molar-refractivity contribution < 1.29 is 0 Å². The summed E-state index contributed by atoms with van der Waals surface area (Å²) in [5.74, 6) is 0. The Morgan fingerprint density at radius 1 is 1.50 bits per heavy atom. The van der Waals surface area contributed by atoms with Crippen LogP contribution in [0.15, 0.2) is 31.4 Å². The molecule has 1 aromatic carbocycles. The molecule has 0 aliphatic rings. The highest BCUT2D eigenvalue weighted by atomic mass is 15.3. The van der Waals surface area contributed by atoms with Crippen molar-refractivity contribution in [2.24, 2.45) is 0 Å². The summed E-state index contributed by atoms with van der Waals surface area (Å²) in [5.41, 5.74) is 3.25. The highest BCUT2D eigenvalue weighted by Crippen LogP contribution is 2.28. The fourth-order valence-corrected chi connectivity index (χ4v) is 1.61. The number of aryl methyl sites for hydroxylation is 1. The highest BCUT2D eigenvalue weighted by molar-refractivity contribution is 5.70.